The van der Waals surface area contributed by atoms with Gasteiger partial charge in [0.15, 0.2) is 0 Å². The van der Waals surface area contributed by atoms with Gasteiger partial charge in [0.05, 0.1) is 32.0 Å². The molecule has 0 aliphatic rings. The van der Waals surface area contributed by atoms with E-state index in [1.807, 2.05) is 0 Å². The van der Waals surface area contributed by atoms with Crippen molar-refractivity contribution in [2.45, 2.75) is 0 Å². The normalized spacial score (nSPS) is 9.22. The van der Waals surface area contributed by atoms with Crippen LogP contribution in [-0.4, -0.2) is 11.9 Å². The largest absolute Gasteiger partial charge is 2.00 e. The zero-order valence-electron chi connectivity index (χ0n) is 10.9. The summed E-state index contributed by atoms with van der Waals surface area (Å²) in [6.07, 6.45) is 0. The minimum absolute atomic E-state index is 0. The number of aromatic carboxylic acids is 2. The molecule has 0 fully saturated rings. The summed E-state index contributed by atoms with van der Waals surface area (Å²) in [6.45, 7) is 0. The van der Waals surface area contributed by atoms with Crippen LogP contribution >= 0.6 is 46.4 Å². The van der Waals surface area contributed by atoms with Crippen molar-refractivity contribution in [3.63, 3.8) is 0 Å². The minimum Gasteiger partial charge on any atom is -0.545 e. The third kappa shape index (κ3) is 6.22. The van der Waals surface area contributed by atoms with Gasteiger partial charge in [0.25, 0.3) is 0 Å². The van der Waals surface area contributed by atoms with E-state index in [4.69, 9.17) is 46.4 Å². The van der Waals surface area contributed by atoms with Gasteiger partial charge in [0, 0.05) is 11.1 Å². The molecule has 2 aromatic carbocycles. The zero-order valence-corrected chi connectivity index (χ0v) is 15.0. The van der Waals surface area contributed by atoms with Crippen LogP contribution in [0.2, 0.25) is 20.1 Å². The second-order valence-corrected chi connectivity index (χ2v) is 5.40. The van der Waals surface area contributed by atoms with Gasteiger partial charge in [-0.2, -0.15) is 0 Å². The molecule has 2 aromatic rings. The Labute approximate surface area is 162 Å². The summed E-state index contributed by atoms with van der Waals surface area (Å²) >= 11 is 22.1. The van der Waals surface area contributed by atoms with Gasteiger partial charge in [0.1, 0.15) is 0 Å². The van der Waals surface area contributed by atoms with Crippen molar-refractivity contribution in [3.8, 4) is 0 Å². The molecule has 4 nitrogen and oxygen atoms in total. The molecule has 0 unspecified atom stereocenters. The Morgan fingerprint density at radius 1 is 0.652 bits per heavy atom. The first-order chi connectivity index (χ1) is 10.3. The van der Waals surface area contributed by atoms with Crippen LogP contribution in [0, 0.1) is 0 Å². The summed E-state index contributed by atoms with van der Waals surface area (Å²) < 4.78 is 0. The summed E-state index contributed by atoms with van der Waals surface area (Å²) in [5.74, 6) is -2.72. The second kappa shape index (κ2) is 10.0. The van der Waals surface area contributed by atoms with Crippen molar-refractivity contribution in [2.24, 2.45) is 0 Å². The standard InChI is InChI=1S/2C7H4Cl2O2.Co/c2*8-4-2-1-3-5(9)6(4)7(10)11;/h2*1-3H,(H,10,11);/q;;+2/p-2. The number of hydrogen-bond acceptors (Lipinski definition) is 4. The van der Waals surface area contributed by atoms with Gasteiger partial charge in [-0.3, -0.25) is 0 Å². The maximum Gasteiger partial charge on any atom is 2.00 e. The van der Waals surface area contributed by atoms with Crippen molar-refractivity contribution in [1.29, 1.82) is 0 Å². The van der Waals surface area contributed by atoms with E-state index in [9.17, 15) is 19.8 Å². The van der Waals surface area contributed by atoms with Crippen LogP contribution < -0.4 is 10.2 Å². The van der Waals surface area contributed by atoms with E-state index < -0.39 is 11.9 Å². The summed E-state index contributed by atoms with van der Waals surface area (Å²) in [6, 6.07) is 8.91. The molecule has 0 spiro atoms. The van der Waals surface area contributed by atoms with Crippen molar-refractivity contribution in [3.05, 3.63) is 67.6 Å². The first-order valence-corrected chi connectivity index (χ1v) is 7.07. The van der Waals surface area contributed by atoms with Crippen LogP contribution in [0.3, 0.4) is 0 Å². The maximum atomic E-state index is 10.4. The monoisotopic (exact) mass is 437 g/mol. The third-order valence-corrected chi connectivity index (χ3v) is 3.59. The van der Waals surface area contributed by atoms with Gasteiger partial charge < -0.3 is 19.8 Å². The van der Waals surface area contributed by atoms with Gasteiger partial charge in [-0.15, -0.1) is 0 Å². The first-order valence-electron chi connectivity index (χ1n) is 5.56. The van der Waals surface area contributed by atoms with Gasteiger partial charge in [-0.05, 0) is 24.3 Å². The molecule has 0 aliphatic heterocycles. The van der Waals surface area contributed by atoms with Gasteiger partial charge in [-0.1, -0.05) is 58.5 Å². The van der Waals surface area contributed by atoms with E-state index >= 15 is 0 Å². The van der Waals surface area contributed by atoms with Crippen LogP contribution in [0.4, 0.5) is 0 Å². The Balaban J connectivity index is 0.000000403. The van der Waals surface area contributed by atoms with E-state index in [1.54, 1.807) is 12.1 Å². The van der Waals surface area contributed by atoms with Gasteiger partial charge in [-0.25, -0.2) is 0 Å². The number of carboxylic acid groups (broad SMARTS) is 2. The molecule has 0 saturated carbocycles. The fraction of sp³-hybridized carbons (Fsp3) is 0. The zero-order chi connectivity index (χ0) is 16.9. The van der Waals surface area contributed by atoms with Crippen LogP contribution in [0.25, 0.3) is 0 Å². The number of rotatable bonds is 2. The van der Waals surface area contributed by atoms with E-state index in [-0.39, 0.29) is 48.0 Å². The number of halogens is 4. The summed E-state index contributed by atoms with van der Waals surface area (Å²) in [4.78, 5) is 20.7. The molecule has 123 valence electrons. The molecule has 1 radical (unpaired) electrons. The summed E-state index contributed by atoms with van der Waals surface area (Å²) in [5, 5.41) is 21.1. The van der Waals surface area contributed by atoms with Crippen molar-refractivity contribution in [2.75, 3.05) is 0 Å². The van der Waals surface area contributed by atoms with Crippen LogP contribution in [-0.2, 0) is 16.8 Å². The van der Waals surface area contributed by atoms with Crippen molar-refractivity contribution < 1.29 is 36.6 Å². The first kappa shape index (κ1) is 22.0. The molecule has 0 aromatic heterocycles. The van der Waals surface area contributed by atoms with Gasteiger partial charge in [0.2, 0.25) is 0 Å². The molecule has 0 bridgehead atoms. The van der Waals surface area contributed by atoms with Crippen molar-refractivity contribution in [1.82, 2.24) is 0 Å². The predicted octanol–water partition coefficient (Wildman–Crippen LogP) is 2.71. The molecule has 0 aliphatic carbocycles. The third-order valence-electron chi connectivity index (χ3n) is 2.33. The van der Waals surface area contributed by atoms with E-state index in [0.29, 0.717) is 0 Å². The number of carbonyl (C=O) groups is 2. The average molecular weight is 439 g/mol. The number of hydrogen-bond donors (Lipinski definition) is 0. The Kier molecular flexibility index (Phi) is 9.61. The molecule has 9 heteroatoms. The van der Waals surface area contributed by atoms with E-state index in [1.165, 1.54) is 24.3 Å². The summed E-state index contributed by atoms with van der Waals surface area (Å²) in [5.41, 5.74) is -0.313. The molecule has 0 heterocycles. The smallest absolute Gasteiger partial charge is 0.545 e. The quantitative estimate of drug-likeness (QED) is 0.722. The number of carboxylic acids is 2. The Bertz CT molecular complexity index is 620. The second-order valence-electron chi connectivity index (χ2n) is 3.77. The molecule has 2 rings (SSSR count). The molecule has 0 atom stereocenters. The van der Waals surface area contributed by atoms with E-state index in [0.717, 1.165) is 0 Å². The average Bonchev–Trinajstić information content (AvgIpc) is 2.38. The minimum atomic E-state index is -1.36. The number of benzene rings is 2. The molecule has 0 saturated heterocycles. The SMILES string of the molecule is O=C([O-])c1c(Cl)cccc1Cl.O=C([O-])c1c(Cl)cccc1Cl.[Co+2]. The predicted molar refractivity (Wildman–Crippen MR) is 81.6 cm³/mol. The molecule has 23 heavy (non-hydrogen) atoms. The molecular weight excluding hydrogens is 433 g/mol. The van der Waals surface area contributed by atoms with Crippen LogP contribution in [0.1, 0.15) is 20.7 Å². The Morgan fingerprint density at radius 3 is 1.00 bits per heavy atom. The molecule has 0 amide bonds. The molecule has 0 N–H and O–H groups in total. The fourth-order valence-electron chi connectivity index (χ4n) is 1.39. The number of carbonyl (C=O) groups excluding carboxylic acids is 2. The summed E-state index contributed by atoms with van der Waals surface area (Å²) in [7, 11) is 0. The van der Waals surface area contributed by atoms with Crippen LogP contribution in [0.5, 0.6) is 0 Å². The topological polar surface area (TPSA) is 80.3 Å². The fourth-order valence-corrected chi connectivity index (χ4v) is 2.49. The Morgan fingerprint density at radius 2 is 0.870 bits per heavy atom. The Hall–Kier alpha value is -0.954. The van der Waals surface area contributed by atoms with Crippen molar-refractivity contribution >= 4 is 58.3 Å². The molecular formula is C14H6Cl4CoO4. The van der Waals surface area contributed by atoms with Gasteiger partial charge >= 0.3 is 16.8 Å². The maximum absolute atomic E-state index is 10.4. The van der Waals surface area contributed by atoms with E-state index in [2.05, 4.69) is 0 Å². The van der Waals surface area contributed by atoms with Crippen LogP contribution in [0.15, 0.2) is 36.4 Å².